The molecule has 6 nitrogen and oxygen atoms in total. The van der Waals surface area contributed by atoms with Crippen LogP contribution < -0.4 is 15.6 Å². The SMILES string of the molecule is C=C/C=c1/nc(-c2cnc(N(CCC)CC(C)=O)nc2)n(-c2ccc(F)cc2)/c1=C/C. The third kappa shape index (κ3) is 4.94. The number of carbonyl (C=O) groups is 1. The molecule has 0 spiro atoms. The molecular weight excluding hydrogens is 393 g/mol. The van der Waals surface area contributed by atoms with Gasteiger partial charge in [0.2, 0.25) is 5.95 Å². The second kappa shape index (κ2) is 9.93. The highest BCUT2D eigenvalue weighted by atomic mass is 19.1. The minimum Gasteiger partial charge on any atom is -0.334 e. The highest BCUT2D eigenvalue weighted by Crippen LogP contribution is 2.19. The van der Waals surface area contributed by atoms with E-state index < -0.39 is 0 Å². The van der Waals surface area contributed by atoms with Gasteiger partial charge in [0.25, 0.3) is 0 Å². The fourth-order valence-electron chi connectivity index (χ4n) is 3.39. The van der Waals surface area contributed by atoms with E-state index in [4.69, 9.17) is 4.98 Å². The Bertz CT molecular complexity index is 1180. The lowest BCUT2D eigenvalue weighted by molar-refractivity contribution is -0.115. The summed E-state index contributed by atoms with van der Waals surface area (Å²) < 4.78 is 15.4. The number of ketones is 1. The maximum Gasteiger partial charge on any atom is 0.225 e. The molecule has 0 fully saturated rings. The molecule has 31 heavy (non-hydrogen) atoms. The minimum absolute atomic E-state index is 0.0562. The Morgan fingerprint density at radius 1 is 1.23 bits per heavy atom. The number of benzene rings is 1. The smallest absolute Gasteiger partial charge is 0.225 e. The van der Waals surface area contributed by atoms with Crippen molar-refractivity contribution in [3.8, 4) is 17.1 Å². The number of imidazole rings is 1. The van der Waals surface area contributed by atoms with Gasteiger partial charge in [0.15, 0.2) is 0 Å². The van der Waals surface area contributed by atoms with E-state index in [9.17, 15) is 9.18 Å². The Labute approximate surface area is 181 Å². The van der Waals surface area contributed by atoms with Crippen LogP contribution in [0.4, 0.5) is 10.3 Å². The minimum atomic E-state index is -0.306. The van der Waals surface area contributed by atoms with Gasteiger partial charge in [-0.2, -0.15) is 0 Å². The Hall–Kier alpha value is -3.61. The summed E-state index contributed by atoms with van der Waals surface area (Å²) in [5.41, 5.74) is 1.48. The molecule has 0 bridgehead atoms. The fourth-order valence-corrected chi connectivity index (χ4v) is 3.39. The molecule has 0 N–H and O–H groups in total. The molecule has 7 heteroatoms. The van der Waals surface area contributed by atoms with Gasteiger partial charge in [-0.05, 0) is 50.6 Å². The number of nitrogens with zero attached hydrogens (tertiary/aromatic N) is 5. The summed E-state index contributed by atoms with van der Waals surface area (Å²) in [5.74, 6) is 0.883. The Morgan fingerprint density at radius 2 is 1.90 bits per heavy atom. The van der Waals surface area contributed by atoms with E-state index in [0.717, 1.165) is 22.8 Å². The molecule has 0 aliphatic rings. The lowest BCUT2D eigenvalue weighted by Gasteiger charge is -2.20. The van der Waals surface area contributed by atoms with Crippen molar-refractivity contribution < 1.29 is 9.18 Å². The largest absolute Gasteiger partial charge is 0.334 e. The second-order valence-corrected chi connectivity index (χ2v) is 7.10. The first-order valence-corrected chi connectivity index (χ1v) is 10.2. The molecule has 0 saturated heterocycles. The van der Waals surface area contributed by atoms with Crippen molar-refractivity contribution in [2.24, 2.45) is 0 Å². The number of halogens is 1. The summed E-state index contributed by atoms with van der Waals surface area (Å²) in [6.45, 7) is 10.3. The number of carbonyl (C=O) groups excluding carboxylic acids is 1. The van der Waals surface area contributed by atoms with E-state index in [1.165, 1.54) is 12.1 Å². The van der Waals surface area contributed by atoms with Crippen LogP contribution in [0.1, 0.15) is 27.2 Å². The van der Waals surface area contributed by atoms with Crippen molar-refractivity contribution in [3.63, 3.8) is 0 Å². The van der Waals surface area contributed by atoms with Crippen molar-refractivity contribution >= 4 is 23.9 Å². The van der Waals surface area contributed by atoms with E-state index in [-0.39, 0.29) is 18.1 Å². The van der Waals surface area contributed by atoms with Gasteiger partial charge >= 0.3 is 0 Å². The monoisotopic (exact) mass is 419 g/mol. The number of allylic oxidation sites excluding steroid dienone is 1. The van der Waals surface area contributed by atoms with Gasteiger partial charge in [0, 0.05) is 24.6 Å². The van der Waals surface area contributed by atoms with Crippen LogP contribution in [0.25, 0.3) is 29.2 Å². The van der Waals surface area contributed by atoms with Crippen molar-refractivity contribution in [2.45, 2.75) is 27.2 Å². The van der Waals surface area contributed by atoms with E-state index in [1.807, 2.05) is 35.5 Å². The van der Waals surface area contributed by atoms with E-state index >= 15 is 0 Å². The highest BCUT2D eigenvalue weighted by Gasteiger charge is 2.15. The zero-order valence-electron chi connectivity index (χ0n) is 18.0. The summed E-state index contributed by atoms with van der Waals surface area (Å²) >= 11 is 0. The topological polar surface area (TPSA) is 63.9 Å². The molecule has 0 aliphatic carbocycles. The third-order valence-corrected chi connectivity index (χ3v) is 4.66. The number of hydrogen-bond acceptors (Lipinski definition) is 5. The zero-order valence-corrected chi connectivity index (χ0v) is 18.0. The standard InChI is InChI=1S/C24H26FN5O/c1-5-8-21-22(7-3)30(20-11-9-19(25)10-12-20)23(28-21)18-14-26-24(27-15-18)29(13-6-2)16-17(4)31/h5,7-12,14-15H,1,6,13,16H2,2-4H3/b21-8+,22-7+. The number of rotatable bonds is 8. The van der Waals surface area contributed by atoms with Crippen molar-refractivity contribution in [3.05, 3.63) is 65.8 Å². The average molecular weight is 420 g/mol. The van der Waals surface area contributed by atoms with Crippen molar-refractivity contribution in [1.29, 1.82) is 0 Å². The molecular formula is C24H26FN5O. The molecule has 160 valence electrons. The van der Waals surface area contributed by atoms with Crippen LogP contribution in [-0.4, -0.2) is 38.4 Å². The molecule has 3 rings (SSSR count). The molecule has 0 unspecified atom stereocenters. The lowest BCUT2D eigenvalue weighted by Crippen LogP contribution is -2.31. The molecule has 3 aromatic rings. The maximum atomic E-state index is 13.5. The van der Waals surface area contributed by atoms with E-state index in [0.29, 0.717) is 23.9 Å². The summed E-state index contributed by atoms with van der Waals surface area (Å²) in [7, 11) is 0. The first-order chi connectivity index (χ1) is 15.0. The fraction of sp³-hybridized carbons (Fsp3) is 0.250. The Balaban J connectivity index is 2.14. The normalized spacial score (nSPS) is 12.3. The van der Waals surface area contributed by atoms with Gasteiger partial charge < -0.3 is 4.90 Å². The van der Waals surface area contributed by atoms with E-state index in [1.54, 1.807) is 37.5 Å². The molecule has 0 amide bonds. The van der Waals surface area contributed by atoms with Gasteiger partial charge in [-0.15, -0.1) is 0 Å². The summed E-state index contributed by atoms with van der Waals surface area (Å²) in [6, 6.07) is 6.24. The van der Waals surface area contributed by atoms with Crippen LogP contribution in [0.3, 0.4) is 0 Å². The summed E-state index contributed by atoms with van der Waals surface area (Å²) in [5, 5.41) is 1.60. The third-order valence-electron chi connectivity index (χ3n) is 4.66. The van der Waals surface area contributed by atoms with Crippen molar-refractivity contribution in [1.82, 2.24) is 19.5 Å². The number of hydrogen-bond donors (Lipinski definition) is 0. The van der Waals surface area contributed by atoms with Crippen LogP contribution in [0.5, 0.6) is 0 Å². The zero-order chi connectivity index (χ0) is 22.4. The Morgan fingerprint density at radius 3 is 2.45 bits per heavy atom. The molecule has 1 aromatic carbocycles. The quantitative estimate of drug-likeness (QED) is 0.562. The number of aromatic nitrogens is 4. The average Bonchev–Trinajstić information content (AvgIpc) is 3.12. The molecule has 2 aromatic heterocycles. The molecule has 2 heterocycles. The van der Waals surface area contributed by atoms with Crippen LogP contribution in [0.15, 0.2) is 49.3 Å². The first kappa shape index (κ1) is 22.1. The number of anilines is 1. The summed E-state index contributed by atoms with van der Waals surface area (Å²) in [4.78, 5) is 27.2. The Kier molecular flexibility index (Phi) is 7.07. The van der Waals surface area contributed by atoms with Gasteiger partial charge in [0.1, 0.15) is 17.4 Å². The van der Waals surface area contributed by atoms with Crippen molar-refractivity contribution in [2.75, 3.05) is 18.0 Å². The van der Waals surface area contributed by atoms with Crippen LogP contribution >= 0.6 is 0 Å². The molecule has 0 aliphatic heterocycles. The van der Waals surface area contributed by atoms with Crippen LogP contribution in [0, 0.1) is 5.82 Å². The van der Waals surface area contributed by atoms with Gasteiger partial charge in [-0.25, -0.2) is 19.3 Å². The maximum absolute atomic E-state index is 13.5. The van der Waals surface area contributed by atoms with Gasteiger partial charge in [0.05, 0.1) is 22.8 Å². The predicted octanol–water partition coefficient (Wildman–Crippen LogP) is 3.04. The predicted molar refractivity (Wildman–Crippen MR) is 122 cm³/mol. The number of Topliss-reactive ketones (excluding diaryl/α,β-unsaturated/α-hetero) is 1. The first-order valence-electron chi connectivity index (χ1n) is 10.2. The van der Waals surface area contributed by atoms with Crippen LogP contribution in [-0.2, 0) is 4.79 Å². The van der Waals surface area contributed by atoms with Gasteiger partial charge in [-0.3, -0.25) is 9.36 Å². The molecule has 0 atom stereocenters. The summed E-state index contributed by atoms with van der Waals surface area (Å²) in [6.07, 6.45) is 9.72. The molecule has 0 radical (unpaired) electrons. The van der Waals surface area contributed by atoms with Crippen LogP contribution in [0.2, 0.25) is 0 Å². The highest BCUT2D eigenvalue weighted by molar-refractivity contribution is 5.80. The van der Waals surface area contributed by atoms with E-state index in [2.05, 4.69) is 16.5 Å². The molecule has 0 saturated carbocycles. The second-order valence-electron chi connectivity index (χ2n) is 7.10. The lowest BCUT2D eigenvalue weighted by atomic mass is 10.2. The van der Waals surface area contributed by atoms with Gasteiger partial charge in [-0.1, -0.05) is 25.7 Å².